The maximum Gasteiger partial charge on any atom is 0.222 e. The highest BCUT2D eigenvalue weighted by Crippen LogP contribution is 2.09. The predicted molar refractivity (Wildman–Crippen MR) is 58.7 cm³/mol. The van der Waals surface area contributed by atoms with E-state index in [9.17, 15) is 0 Å². The van der Waals surface area contributed by atoms with Crippen LogP contribution in [0.2, 0.25) is 5.02 Å². The van der Waals surface area contributed by atoms with Crippen molar-refractivity contribution in [1.29, 1.82) is 0 Å². The molecule has 0 aliphatic carbocycles. The fraction of sp³-hybridized carbons (Fsp3) is 0.111. The van der Waals surface area contributed by atoms with Crippen LogP contribution in [0, 0.1) is 0 Å². The molecule has 2 aromatic heterocycles. The number of hydrogen-bond donors (Lipinski definition) is 1. The van der Waals surface area contributed by atoms with Crippen molar-refractivity contribution in [2.75, 3.05) is 5.32 Å². The molecule has 2 aromatic rings. The molecule has 14 heavy (non-hydrogen) atoms. The van der Waals surface area contributed by atoms with Gasteiger partial charge in [-0.3, -0.25) is 0 Å². The van der Waals surface area contributed by atoms with Gasteiger partial charge in [-0.2, -0.15) is 11.3 Å². The highest BCUT2D eigenvalue weighted by molar-refractivity contribution is 7.07. The van der Waals surface area contributed by atoms with E-state index in [4.69, 9.17) is 11.6 Å². The summed E-state index contributed by atoms with van der Waals surface area (Å²) in [5, 5.41) is 7.77. The van der Waals surface area contributed by atoms with Crippen LogP contribution >= 0.6 is 22.9 Å². The van der Waals surface area contributed by atoms with Gasteiger partial charge in [0.05, 0.1) is 17.4 Å². The number of thiophene rings is 1. The van der Waals surface area contributed by atoms with E-state index in [-0.39, 0.29) is 0 Å². The van der Waals surface area contributed by atoms with Gasteiger partial charge in [0.2, 0.25) is 5.95 Å². The minimum atomic E-state index is 0.547. The molecule has 0 fully saturated rings. The van der Waals surface area contributed by atoms with Crippen molar-refractivity contribution in [1.82, 2.24) is 9.97 Å². The van der Waals surface area contributed by atoms with Gasteiger partial charge in [0.15, 0.2) is 0 Å². The van der Waals surface area contributed by atoms with Crippen LogP contribution in [0.1, 0.15) is 5.56 Å². The maximum atomic E-state index is 5.66. The standard InChI is InChI=1S/C9H8ClN3S/c10-8-4-12-9(13-5-8)11-3-7-1-2-14-6-7/h1-2,4-6H,3H2,(H,11,12,13). The van der Waals surface area contributed by atoms with Gasteiger partial charge in [0, 0.05) is 6.54 Å². The average molecular weight is 226 g/mol. The molecule has 0 aliphatic heterocycles. The number of rotatable bonds is 3. The smallest absolute Gasteiger partial charge is 0.222 e. The molecular formula is C9H8ClN3S. The maximum absolute atomic E-state index is 5.66. The Morgan fingerprint density at radius 2 is 2.14 bits per heavy atom. The number of nitrogens with zero attached hydrogens (tertiary/aromatic N) is 2. The Kier molecular flexibility index (Phi) is 2.96. The normalized spacial score (nSPS) is 10.1. The Labute approximate surface area is 90.8 Å². The van der Waals surface area contributed by atoms with Crippen LogP contribution < -0.4 is 5.32 Å². The van der Waals surface area contributed by atoms with E-state index >= 15 is 0 Å². The van der Waals surface area contributed by atoms with Gasteiger partial charge in [-0.25, -0.2) is 9.97 Å². The quantitative estimate of drug-likeness (QED) is 0.873. The van der Waals surface area contributed by atoms with Crippen LogP contribution in [0.25, 0.3) is 0 Å². The minimum Gasteiger partial charge on any atom is -0.350 e. The highest BCUT2D eigenvalue weighted by atomic mass is 35.5. The van der Waals surface area contributed by atoms with Crippen LogP contribution in [0.5, 0.6) is 0 Å². The topological polar surface area (TPSA) is 37.8 Å². The van der Waals surface area contributed by atoms with Crippen LogP contribution in [-0.4, -0.2) is 9.97 Å². The summed E-state index contributed by atoms with van der Waals surface area (Å²) in [7, 11) is 0. The Bertz CT molecular complexity index is 385. The number of halogens is 1. The van der Waals surface area contributed by atoms with Crippen molar-refractivity contribution in [3.8, 4) is 0 Å². The zero-order valence-corrected chi connectivity index (χ0v) is 8.85. The number of nitrogens with one attached hydrogen (secondary N) is 1. The summed E-state index contributed by atoms with van der Waals surface area (Å²) >= 11 is 7.34. The van der Waals surface area contributed by atoms with Crippen molar-refractivity contribution in [3.05, 3.63) is 39.8 Å². The molecular weight excluding hydrogens is 218 g/mol. The lowest BCUT2D eigenvalue weighted by atomic mass is 10.3. The molecule has 0 atom stereocenters. The fourth-order valence-corrected chi connectivity index (χ4v) is 1.74. The molecule has 0 saturated carbocycles. The second kappa shape index (κ2) is 4.39. The molecule has 0 bridgehead atoms. The van der Waals surface area contributed by atoms with Gasteiger partial charge in [0.1, 0.15) is 0 Å². The Morgan fingerprint density at radius 3 is 2.79 bits per heavy atom. The molecule has 0 aliphatic rings. The van der Waals surface area contributed by atoms with Crippen molar-refractivity contribution >= 4 is 28.9 Å². The molecule has 0 amide bonds. The van der Waals surface area contributed by atoms with Crippen LogP contribution in [0.15, 0.2) is 29.2 Å². The molecule has 2 rings (SSSR count). The molecule has 3 nitrogen and oxygen atoms in total. The van der Waals surface area contributed by atoms with Gasteiger partial charge < -0.3 is 5.32 Å². The molecule has 0 aromatic carbocycles. The SMILES string of the molecule is Clc1cnc(NCc2ccsc2)nc1. The van der Waals surface area contributed by atoms with Crippen LogP contribution in [-0.2, 0) is 6.54 Å². The van der Waals surface area contributed by atoms with E-state index < -0.39 is 0 Å². The predicted octanol–water partition coefficient (Wildman–Crippen LogP) is 2.80. The monoisotopic (exact) mass is 225 g/mol. The number of hydrogen-bond acceptors (Lipinski definition) is 4. The van der Waals surface area contributed by atoms with E-state index in [1.165, 1.54) is 5.56 Å². The van der Waals surface area contributed by atoms with E-state index in [0.29, 0.717) is 11.0 Å². The lowest BCUT2D eigenvalue weighted by molar-refractivity contribution is 1.06. The summed E-state index contributed by atoms with van der Waals surface area (Å²) < 4.78 is 0. The Morgan fingerprint density at radius 1 is 1.36 bits per heavy atom. The molecule has 1 N–H and O–H groups in total. The van der Waals surface area contributed by atoms with Crippen molar-refractivity contribution in [3.63, 3.8) is 0 Å². The van der Waals surface area contributed by atoms with E-state index in [0.717, 1.165) is 6.54 Å². The van der Waals surface area contributed by atoms with E-state index in [1.54, 1.807) is 23.7 Å². The average Bonchev–Trinajstić information content (AvgIpc) is 2.70. The van der Waals surface area contributed by atoms with Crippen molar-refractivity contribution in [2.24, 2.45) is 0 Å². The Hall–Kier alpha value is -1.13. The molecule has 2 heterocycles. The first-order chi connectivity index (χ1) is 6.84. The van der Waals surface area contributed by atoms with E-state index in [2.05, 4.69) is 26.7 Å². The van der Waals surface area contributed by atoms with Crippen LogP contribution in [0.3, 0.4) is 0 Å². The first kappa shape index (κ1) is 9.43. The number of anilines is 1. The minimum absolute atomic E-state index is 0.547. The zero-order chi connectivity index (χ0) is 9.80. The Balaban J connectivity index is 1.95. The summed E-state index contributed by atoms with van der Waals surface area (Å²) in [6, 6.07) is 2.06. The second-order valence-electron chi connectivity index (χ2n) is 2.71. The lowest BCUT2D eigenvalue weighted by Crippen LogP contribution is -2.01. The summed E-state index contributed by atoms with van der Waals surface area (Å²) in [4.78, 5) is 8.05. The second-order valence-corrected chi connectivity index (χ2v) is 3.93. The van der Waals surface area contributed by atoms with Gasteiger partial charge in [0.25, 0.3) is 0 Å². The van der Waals surface area contributed by atoms with Gasteiger partial charge in [-0.1, -0.05) is 11.6 Å². The summed E-state index contributed by atoms with van der Waals surface area (Å²) in [5.41, 5.74) is 1.23. The first-order valence-corrected chi connectivity index (χ1v) is 5.39. The fourth-order valence-electron chi connectivity index (χ4n) is 0.978. The first-order valence-electron chi connectivity index (χ1n) is 4.07. The summed E-state index contributed by atoms with van der Waals surface area (Å²) in [6.07, 6.45) is 3.15. The molecule has 0 spiro atoms. The van der Waals surface area contributed by atoms with Gasteiger partial charge >= 0.3 is 0 Å². The van der Waals surface area contributed by atoms with Crippen molar-refractivity contribution in [2.45, 2.75) is 6.54 Å². The molecule has 0 radical (unpaired) electrons. The zero-order valence-electron chi connectivity index (χ0n) is 7.27. The van der Waals surface area contributed by atoms with Crippen molar-refractivity contribution < 1.29 is 0 Å². The van der Waals surface area contributed by atoms with Gasteiger partial charge in [-0.15, -0.1) is 0 Å². The summed E-state index contributed by atoms with van der Waals surface area (Å²) in [5.74, 6) is 0.598. The lowest BCUT2D eigenvalue weighted by Gasteiger charge is -2.01. The molecule has 5 heteroatoms. The molecule has 0 saturated heterocycles. The molecule has 0 unspecified atom stereocenters. The third-order valence-electron chi connectivity index (χ3n) is 1.65. The molecule has 72 valence electrons. The number of aromatic nitrogens is 2. The van der Waals surface area contributed by atoms with Crippen LogP contribution in [0.4, 0.5) is 5.95 Å². The van der Waals surface area contributed by atoms with Gasteiger partial charge in [-0.05, 0) is 22.4 Å². The third kappa shape index (κ3) is 2.43. The summed E-state index contributed by atoms with van der Waals surface area (Å²) in [6.45, 7) is 0.741. The third-order valence-corrected chi connectivity index (χ3v) is 2.58. The van der Waals surface area contributed by atoms with E-state index in [1.807, 2.05) is 5.38 Å². The highest BCUT2D eigenvalue weighted by Gasteiger charge is 1.96. The largest absolute Gasteiger partial charge is 0.350 e.